The van der Waals surface area contributed by atoms with Crippen LogP contribution in [0.25, 0.3) is 5.69 Å². The molecule has 0 unspecified atom stereocenters. The molecule has 0 radical (unpaired) electrons. The summed E-state index contributed by atoms with van der Waals surface area (Å²) >= 11 is 0. The van der Waals surface area contributed by atoms with Crippen LogP contribution in [0, 0.1) is 0 Å². The van der Waals surface area contributed by atoms with Gasteiger partial charge in [-0.2, -0.15) is 0 Å². The fraction of sp³-hybridized carbons (Fsp3) is 0.353. The number of carbonyl (C=O) groups excluding carboxylic acids is 1. The van der Waals surface area contributed by atoms with Crippen molar-refractivity contribution in [2.24, 2.45) is 0 Å². The maximum absolute atomic E-state index is 11.8. The fourth-order valence-electron chi connectivity index (χ4n) is 3.63. The number of aromatic nitrogens is 1. The van der Waals surface area contributed by atoms with Crippen LogP contribution in [0.15, 0.2) is 36.5 Å². The summed E-state index contributed by atoms with van der Waals surface area (Å²) < 4.78 is 7.07. The largest absolute Gasteiger partial charge is 0.465 e. The van der Waals surface area contributed by atoms with Gasteiger partial charge in [0, 0.05) is 11.9 Å². The zero-order valence-electron chi connectivity index (χ0n) is 13.0. The molecule has 23 heavy (non-hydrogen) atoms. The molecule has 5 nitrogen and oxygen atoms in total. The zero-order valence-corrected chi connectivity index (χ0v) is 13.8. The molecule has 0 saturated carbocycles. The van der Waals surface area contributed by atoms with Crippen molar-refractivity contribution in [1.82, 2.24) is 9.88 Å². The van der Waals surface area contributed by atoms with Gasteiger partial charge in [0.2, 0.25) is 0 Å². The lowest BCUT2D eigenvalue weighted by Crippen LogP contribution is -2.48. The molecule has 4 rings (SSSR count). The van der Waals surface area contributed by atoms with Gasteiger partial charge in [-0.3, -0.25) is 0 Å². The second-order valence-corrected chi connectivity index (χ2v) is 5.94. The second-order valence-electron chi connectivity index (χ2n) is 5.94. The number of halogens is 1. The summed E-state index contributed by atoms with van der Waals surface area (Å²) in [5, 5.41) is 7.12. The first kappa shape index (κ1) is 15.9. The van der Waals surface area contributed by atoms with Crippen molar-refractivity contribution in [1.29, 1.82) is 0 Å². The number of nitrogens with zero attached hydrogens (tertiary/aromatic N) is 1. The lowest BCUT2D eigenvalue weighted by molar-refractivity contribution is 0.0600. The third-order valence-corrected chi connectivity index (χ3v) is 4.75. The standard InChI is InChI=1S/C17H19N3O2.ClH/c1-22-16(21)12-4-5-14-13(11-12)19-17(6-8-18-9-7-17)15-3-2-10-20(14)15;/h2-5,10-11,18-19H,6-9H2,1H3;1H. The molecule has 3 heterocycles. The highest BCUT2D eigenvalue weighted by molar-refractivity contribution is 5.91. The van der Waals surface area contributed by atoms with Crippen molar-refractivity contribution in [2.75, 3.05) is 25.5 Å². The Kier molecular flexibility index (Phi) is 4.08. The molecule has 6 heteroatoms. The topological polar surface area (TPSA) is 55.3 Å². The summed E-state index contributed by atoms with van der Waals surface area (Å²) in [5.74, 6) is -0.303. The van der Waals surface area contributed by atoms with Crippen LogP contribution >= 0.6 is 12.4 Å². The lowest BCUT2D eigenvalue weighted by atomic mass is 9.83. The van der Waals surface area contributed by atoms with Crippen LogP contribution in [0.4, 0.5) is 5.69 Å². The van der Waals surface area contributed by atoms with Gasteiger partial charge < -0.3 is 19.9 Å². The molecule has 122 valence electrons. The molecule has 1 aromatic heterocycles. The molecular formula is C17H20ClN3O2. The molecule has 2 aliphatic heterocycles. The van der Waals surface area contributed by atoms with Crippen molar-refractivity contribution < 1.29 is 9.53 Å². The predicted octanol–water partition coefficient (Wildman–Crippen LogP) is 2.69. The summed E-state index contributed by atoms with van der Waals surface area (Å²) in [7, 11) is 1.41. The molecule has 0 bridgehead atoms. The number of carbonyl (C=O) groups is 1. The van der Waals surface area contributed by atoms with Crippen molar-refractivity contribution in [3.63, 3.8) is 0 Å². The number of hydrogen-bond acceptors (Lipinski definition) is 4. The molecule has 0 aliphatic carbocycles. The van der Waals surface area contributed by atoms with E-state index >= 15 is 0 Å². The summed E-state index contributed by atoms with van der Waals surface area (Å²) in [6, 6.07) is 9.97. The van der Waals surface area contributed by atoms with Gasteiger partial charge in [-0.05, 0) is 56.3 Å². The molecular weight excluding hydrogens is 314 g/mol. The van der Waals surface area contributed by atoms with Gasteiger partial charge in [-0.25, -0.2) is 4.79 Å². The third kappa shape index (κ3) is 2.40. The molecule has 1 saturated heterocycles. The first-order valence-corrected chi connectivity index (χ1v) is 7.63. The number of benzene rings is 1. The minimum atomic E-state index is -0.303. The predicted molar refractivity (Wildman–Crippen MR) is 91.8 cm³/mol. The van der Waals surface area contributed by atoms with Gasteiger partial charge in [-0.1, -0.05) is 0 Å². The van der Waals surface area contributed by atoms with E-state index in [1.807, 2.05) is 18.2 Å². The van der Waals surface area contributed by atoms with E-state index in [1.54, 1.807) is 0 Å². The monoisotopic (exact) mass is 333 g/mol. The van der Waals surface area contributed by atoms with Crippen LogP contribution in [0.1, 0.15) is 28.9 Å². The highest BCUT2D eigenvalue weighted by atomic mass is 35.5. The van der Waals surface area contributed by atoms with E-state index in [2.05, 4.69) is 33.5 Å². The SMILES string of the molecule is COC(=O)c1ccc2c(c1)NC1(CCNCC1)c1cccn1-2.Cl. The Morgan fingerprint density at radius 1 is 1.26 bits per heavy atom. The second kappa shape index (κ2) is 5.91. The minimum Gasteiger partial charge on any atom is -0.465 e. The van der Waals surface area contributed by atoms with Crippen molar-refractivity contribution in [2.45, 2.75) is 18.4 Å². The van der Waals surface area contributed by atoms with Gasteiger partial charge >= 0.3 is 5.97 Å². The number of rotatable bonds is 1. The normalized spacial score (nSPS) is 17.4. The average Bonchev–Trinajstić information content (AvgIpc) is 3.05. The molecule has 1 aromatic carbocycles. The van der Waals surface area contributed by atoms with Gasteiger partial charge in [0.05, 0.1) is 29.6 Å². The molecule has 2 aromatic rings. The van der Waals surface area contributed by atoms with Crippen LogP contribution < -0.4 is 10.6 Å². The number of fused-ring (bicyclic) bond motifs is 4. The van der Waals surface area contributed by atoms with Crippen molar-refractivity contribution >= 4 is 24.1 Å². The van der Waals surface area contributed by atoms with Crippen LogP contribution in [-0.2, 0) is 10.3 Å². The summed E-state index contributed by atoms with van der Waals surface area (Å²) in [4.78, 5) is 11.8. The summed E-state index contributed by atoms with van der Waals surface area (Å²) in [6.45, 7) is 1.98. The first-order chi connectivity index (χ1) is 10.7. The zero-order chi connectivity index (χ0) is 15.2. The van der Waals surface area contributed by atoms with Gasteiger partial charge in [0.25, 0.3) is 0 Å². The Hall–Kier alpha value is -1.98. The Balaban J connectivity index is 0.00000156. The van der Waals surface area contributed by atoms with E-state index < -0.39 is 0 Å². The van der Waals surface area contributed by atoms with Crippen molar-refractivity contribution in [3.8, 4) is 5.69 Å². The van der Waals surface area contributed by atoms with E-state index in [0.717, 1.165) is 37.3 Å². The molecule has 2 N–H and O–H groups in total. The maximum atomic E-state index is 11.8. The third-order valence-electron chi connectivity index (χ3n) is 4.75. The summed E-state index contributed by atoms with van der Waals surface area (Å²) in [5.41, 5.74) is 3.89. The first-order valence-electron chi connectivity index (χ1n) is 7.63. The number of methoxy groups -OCH3 is 1. The maximum Gasteiger partial charge on any atom is 0.337 e. The molecule has 0 amide bonds. The Morgan fingerprint density at radius 3 is 2.78 bits per heavy atom. The highest BCUT2D eigenvalue weighted by Gasteiger charge is 2.39. The minimum absolute atomic E-state index is 0. The number of anilines is 1. The number of ether oxygens (including phenoxy) is 1. The number of piperidine rings is 1. The fourth-order valence-corrected chi connectivity index (χ4v) is 3.63. The van der Waals surface area contributed by atoms with Gasteiger partial charge in [-0.15, -0.1) is 12.4 Å². The smallest absolute Gasteiger partial charge is 0.337 e. The average molecular weight is 334 g/mol. The van der Waals surface area contributed by atoms with Gasteiger partial charge in [0.15, 0.2) is 0 Å². The number of hydrogen-bond donors (Lipinski definition) is 2. The van der Waals surface area contributed by atoms with E-state index in [9.17, 15) is 4.79 Å². The number of nitrogens with one attached hydrogen (secondary N) is 2. The molecule has 1 fully saturated rings. The Bertz CT molecular complexity index is 735. The molecule has 1 spiro atoms. The number of esters is 1. The Morgan fingerprint density at radius 2 is 2.04 bits per heavy atom. The van der Waals surface area contributed by atoms with Crippen LogP contribution in [0.2, 0.25) is 0 Å². The quantitative estimate of drug-likeness (QED) is 0.788. The van der Waals surface area contributed by atoms with E-state index in [0.29, 0.717) is 5.56 Å². The van der Waals surface area contributed by atoms with Crippen LogP contribution in [0.5, 0.6) is 0 Å². The Labute approximate surface area is 141 Å². The summed E-state index contributed by atoms with van der Waals surface area (Å²) in [6.07, 6.45) is 4.15. The van der Waals surface area contributed by atoms with E-state index in [1.165, 1.54) is 12.8 Å². The molecule has 0 atom stereocenters. The van der Waals surface area contributed by atoms with Gasteiger partial charge in [0.1, 0.15) is 0 Å². The van der Waals surface area contributed by atoms with Crippen molar-refractivity contribution in [3.05, 3.63) is 47.8 Å². The lowest BCUT2D eigenvalue weighted by Gasteiger charge is -2.43. The highest BCUT2D eigenvalue weighted by Crippen LogP contribution is 2.42. The molecule has 2 aliphatic rings. The van der Waals surface area contributed by atoms with Crippen LogP contribution in [0.3, 0.4) is 0 Å². The van der Waals surface area contributed by atoms with E-state index in [4.69, 9.17) is 4.74 Å². The van der Waals surface area contributed by atoms with Crippen LogP contribution in [-0.4, -0.2) is 30.7 Å². The van der Waals surface area contributed by atoms with E-state index in [-0.39, 0.29) is 23.9 Å².